The van der Waals surface area contributed by atoms with Crippen LogP contribution in [0.2, 0.25) is 0 Å². The molecule has 2 rings (SSSR count). The number of pyridine rings is 1. The van der Waals surface area contributed by atoms with Gasteiger partial charge in [-0.1, -0.05) is 5.18 Å². The van der Waals surface area contributed by atoms with Crippen LogP contribution in [0.5, 0.6) is 0 Å². The smallest absolute Gasteiger partial charge is 0.150 e. The van der Waals surface area contributed by atoms with Gasteiger partial charge < -0.3 is 0 Å². The Kier molecular flexibility index (Phi) is 3.35. The summed E-state index contributed by atoms with van der Waals surface area (Å²) in [6, 6.07) is 5.05. The van der Waals surface area contributed by atoms with Gasteiger partial charge in [0.25, 0.3) is 0 Å². The summed E-state index contributed by atoms with van der Waals surface area (Å²) in [6.45, 7) is 5.21. The van der Waals surface area contributed by atoms with Crippen molar-refractivity contribution in [2.75, 3.05) is 0 Å². The van der Waals surface area contributed by atoms with E-state index in [9.17, 15) is 9.30 Å². The van der Waals surface area contributed by atoms with Gasteiger partial charge in [-0.25, -0.2) is 4.39 Å². The largest absolute Gasteiger partial charge is 0.250 e. The standard InChI is InChI=1S/C13H12FIN2O/c1-7-4-10(13(2,3)17-18)9-5-8(15)6-11(14)12(9)16-7/h4-6H,1-3H3. The van der Waals surface area contributed by atoms with Gasteiger partial charge in [0.1, 0.15) is 16.9 Å². The zero-order chi connectivity index (χ0) is 13.5. The highest BCUT2D eigenvalue weighted by atomic mass is 127. The van der Waals surface area contributed by atoms with Crippen LogP contribution in [0, 0.1) is 21.2 Å². The Morgan fingerprint density at radius 2 is 2.00 bits per heavy atom. The molecule has 0 radical (unpaired) electrons. The number of rotatable bonds is 2. The van der Waals surface area contributed by atoms with E-state index in [1.54, 1.807) is 26.8 Å². The molecule has 0 aliphatic rings. The Labute approximate surface area is 118 Å². The molecule has 1 aromatic carbocycles. The molecule has 0 aliphatic heterocycles. The molecular formula is C13H12FIN2O. The van der Waals surface area contributed by atoms with Crippen molar-refractivity contribution < 1.29 is 4.39 Å². The number of hydrogen-bond donors (Lipinski definition) is 0. The van der Waals surface area contributed by atoms with Gasteiger partial charge >= 0.3 is 0 Å². The normalized spacial score (nSPS) is 11.8. The van der Waals surface area contributed by atoms with E-state index >= 15 is 0 Å². The van der Waals surface area contributed by atoms with E-state index in [0.717, 1.165) is 3.57 Å². The zero-order valence-corrected chi connectivity index (χ0v) is 12.4. The van der Waals surface area contributed by atoms with Crippen molar-refractivity contribution in [1.82, 2.24) is 4.98 Å². The minimum atomic E-state index is -0.900. The van der Waals surface area contributed by atoms with Crippen molar-refractivity contribution in [3.63, 3.8) is 0 Å². The number of halogens is 2. The quantitative estimate of drug-likeness (QED) is 0.594. The van der Waals surface area contributed by atoms with Gasteiger partial charge in [0.05, 0.1) is 0 Å². The fourth-order valence-electron chi connectivity index (χ4n) is 1.94. The zero-order valence-electron chi connectivity index (χ0n) is 10.3. The van der Waals surface area contributed by atoms with E-state index < -0.39 is 5.54 Å². The molecule has 1 heterocycles. The predicted octanol–water partition coefficient (Wildman–Crippen LogP) is 4.29. The summed E-state index contributed by atoms with van der Waals surface area (Å²) >= 11 is 2.04. The summed E-state index contributed by atoms with van der Waals surface area (Å²) in [7, 11) is 0. The third-order valence-corrected chi connectivity index (χ3v) is 3.47. The highest BCUT2D eigenvalue weighted by Gasteiger charge is 2.25. The van der Waals surface area contributed by atoms with E-state index in [2.05, 4.69) is 10.2 Å². The second kappa shape index (κ2) is 4.53. The summed E-state index contributed by atoms with van der Waals surface area (Å²) in [6.07, 6.45) is 0. The number of hydrogen-bond acceptors (Lipinski definition) is 3. The summed E-state index contributed by atoms with van der Waals surface area (Å²) in [5.41, 5.74) is 0.775. The summed E-state index contributed by atoms with van der Waals surface area (Å²) < 4.78 is 14.7. The van der Waals surface area contributed by atoms with E-state index in [4.69, 9.17) is 0 Å². The number of nitrogens with zero attached hydrogens (tertiary/aromatic N) is 2. The van der Waals surface area contributed by atoms with Crippen LogP contribution in [0.25, 0.3) is 10.9 Å². The third-order valence-electron chi connectivity index (χ3n) is 2.85. The van der Waals surface area contributed by atoms with Crippen molar-refractivity contribution in [3.05, 3.63) is 43.8 Å². The number of aromatic nitrogens is 1. The molecule has 0 N–H and O–H groups in total. The first-order valence-corrected chi connectivity index (χ1v) is 6.54. The van der Waals surface area contributed by atoms with E-state index in [1.165, 1.54) is 6.07 Å². The molecule has 0 unspecified atom stereocenters. The molecule has 1 aromatic heterocycles. The highest BCUT2D eigenvalue weighted by Crippen LogP contribution is 2.33. The van der Waals surface area contributed by atoms with E-state index in [1.807, 2.05) is 28.7 Å². The van der Waals surface area contributed by atoms with Crippen LogP contribution in [-0.4, -0.2) is 4.98 Å². The fourth-order valence-corrected chi connectivity index (χ4v) is 2.52. The SMILES string of the molecule is Cc1cc(C(C)(C)N=O)c2cc(I)cc(F)c2n1. The van der Waals surface area contributed by atoms with Crippen molar-refractivity contribution in [3.8, 4) is 0 Å². The van der Waals surface area contributed by atoms with Gasteiger partial charge in [0.2, 0.25) is 0 Å². The van der Waals surface area contributed by atoms with E-state index in [0.29, 0.717) is 22.2 Å². The van der Waals surface area contributed by atoms with Crippen molar-refractivity contribution in [2.24, 2.45) is 5.18 Å². The second-order valence-electron chi connectivity index (χ2n) is 4.75. The summed E-state index contributed by atoms with van der Waals surface area (Å²) in [4.78, 5) is 15.2. The first kappa shape index (κ1) is 13.3. The molecule has 0 saturated heterocycles. The van der Waals surface area contributed by atoms with Gasteiger partial charge in [0, 0.05) is 14.7 Å². The molecule has 0 aliphatic carbocycles. The van der Waals surface area contributed by atoms with Crippen molar-refractivity contribution >= 4 is 33.5 Å². The van der Waals surface area contributed by atoms with Crippen LogP contribution in [0.3, 0.4) is 0 Å². The monoisotopic (exact) mass is 358 g/mol. The first-order chi connectivity index (χ1) is 8.35. The Bertz CT molecular complexity index is 640. The Morgan fingerprint density at radius 3 is 2.61 bits per heavy atom. The molecule has 18 heavy (non-hydrogen) atoms. The molecule has 0 fully saturated rings. The van der Waals surface area contributed by atoms with E-state index in [-0.39, 0.29) is 5.82 Å². The van der Waals surface area contributed by atoms with Crippen LogP contribution in [0.15, 0.2) is 23.4 Å². The van der Waals surface area contributed by atoms with Crippen LogP contribution in [-0.2, 0) is 5.54 Å². The molecule has 2 aromatic rings. The van der Waals surface area contributed by atoms with Gasteiger partial charge in [-0.3, -0.25) is 4.98 Å². The first-order valence-electron chi connectivity index (χ1n) is 5.46. The molecular weight excluding hydrogens is 346 g/mol. The van der Waals surface area contributed by atoms with Crippen LogP contribution < -0.4 is 0 Å². The Morgan fingerprint density at radius 1 is 1.33 bits per heavy atom. The maximum atomic E-state index is 13.9. The van der Waals surface area contributed by atoms with Gasteiger partial charge in [-0.2, -0.15) is 0 Å². The number of aryl methyl sites for hydroxylation is 1. The number of nitroso groups, excluding NO2 is 1. The fraction of sp³-hybridized carbons (Fsp3) is 0.308. The maximum Gasteiger partial charge on any atom is 0.150 e. The van der Waals surface area contributed by atoms with Crippen LogP contribution in [0.1, 0.15) is 25.1 Å². The van der Waals surface area contributed by atoms with Crippen LogP contribution in [0.4, 0.5) is 4.39 Å². The lowest BCUT2D eigenvalue weighted by Crippen LogP contribution is -2.14. The van der Waals surface area contributed by atoms with Crippen LogP contribution >= 0.6 is 22.6 Å². The van der Waals surface area contributed by atoms with Crippen molar-refractivity contribution in [1.29, 1.82) is 0 Å². The summed E-state index contributed by atoms with van der Waals surface area (Å²) in [5.74, 6) is -0.372. The average Bonchev–Trinajstić information content (AvgIpc) is 2.29. The molecule has 5 heteroatoms. The van der Waals surface area contributed by atoms with Gasteiger partial charge in [-0.05, 0) is 67.1 Å². The predicted molar refractivity (Wildman–Crippen MR) is 78.0 cm³/mol. The number of benzene rings is 1. The minimum absolute atomic E-state index is 0.294. The average molecular weight is 358 g/mol. The second-order valence-corrected chi connectivity index (χ2v) is 5.99. The van der Waals surface area contributed by atoms with Gasteiger partial charge in [-0.15, -0.1) is 4.91 Å². The summed E-state index contributed by atoms with van der Waals surface area (Å²) in [5, 5.41) is 3.79. The highest BCUT2D eigenvalue weighted by molar-refractivity contribution is 14.1. The third kappa shape index (κ3) is 2.23. The molecule has 0 bridgehead atoms. The Balaban J connectivity index is 2.93. The molecule has 3 nitrogen and oxygen atoms in total. The lowest BCUT2D eigenvalue weighted by Gasteiger charge is -2.19. The molecule has 94 valence electrons. The number of fused-ring (bicyclic) bond motifs is 1. The molecule has 0 atom stereocenters. The van der Waals surface area contributed by atoms with Crippen molar-refractivity contribution in [2.45, 2.75) is 26.3 Å². The topological polar surface area (TPSA) is 42.3 Å². The molecule has 0 spiro atoms. The molecule has 0 saturated carbocycles. The lowest BCUT2D eigenvalue weighted by molar-refractivity contribution is 0.556. The lowest BCUT2D eigenvalue weighted by atomic mass is 9.91. The Hall–Kier alpha value is -1.11. The van der Waals surface area contributed by atoms with Gasteiger partial charge in [0.15, 0.2) is 0 Å². The molecule has 0 amide bonds. The minimum Gasteiger partial charge on any atom is -0.250 e. The maximum absolute atomic E-state index is 13.9.